The highest BCUT2D eigenvalue weighted by Crippen LogP contribution is 2.25. The number of halogens is 2. The van der Waals surface area contributed by atoms with Gasteiger partial charge in [-0.2, -0.15) is 16.1 Å². The summed E-state index contributed by atoms with van der Waals surface area (Å²) in [6, 6.07) is 4.59. The molecule has 0 aromatic heterocycles. The van der Waals surface area contributed by atoms with Crippen molar-refractivity contribution in [1.82, 2.24) is 4.31 Å². The Morgan fingerprint density at radius 3 is 2.60 bits per heavy atom. The van der Waals surface area contributed by atoms with Crippen LogP contribution in [0.1, 0.15) is 18.9 Å². The summed E-state index contributed by atoms with van der Waals surface area (Å²) in [4.78, 5) is 0.232. The van der Waals surface area contributed by atoms with Crippen LogP contribution < -0.4 is 0 Å². The third-order valence-electron chi connectivity index (χ3n) is 3.20. The van der Waals surface area contributed by atoms with Gasteiger partial charge in [0.25, 0.3) is 0 Å². The number of hydrogen-bond acceptors (Lipinski definition) is 3. The Bertz CT molecular complexity index is 549. The zero-order valence-corrected chi connectivity index (χ0v) is 14.9. The van der Waals surface area contributed by atoms with Crippen LogP contribution in [0, 0.1) is 0 Å². The smallest absolute Gasteiger partial charge is 0.207 e. The molecule has 7 heteroatoms. The normalized spacial score (nSPS) is 13.7. The summed E-state index contributed by atoms with van der Waals surface area (Å²) in [6.45, 7) is 1.91. The first-order chi connectivity index (χ1) is 9.34. The topological polar surface area (TPSA) is 37.4 Å². The van der Waals surface area contributed by atoms with Gasteiger partial charge in [0.05, 0.1) is 4.90 Å². The molecule has 1 unspecified atom stereocenters. The predicted molar refractivity (Wildman–Crippen MR) is 88.4 cm³/mol. The Kier molecular flexibility index (Phi) is 7.15. The summed E-state index contributed by atoms with van der Waals surface area (Å²) in [5.41, 5.74) is 0.625. The van der Waals surface area contributed by atoms with Crippen LogP contribution in [-0.2, 0) is 15.9 Å². The zero-order valence-electron chi connectivity index (χ0n) is 11.8. The summed E-state index contributed by atoms with van der Waals surface area (Å²) in [7, 11) is -1.90. The number of nitrogens with zero attached hydrogens (tertiary/aromatic N) is 1. The molecule has 1 aromatic carbocycles. The molecule has 1 rings (SSSR count). The molecule has 3 nitrogen and oxygen atoms in total. The van der Waals surface area contributed by atoms with Gasteiger partial charge < -0.3 is 0 Å². The second kappa shape index (κ2) is 7.90. The molecular formula is C13H19Cl2NO2S2. The summed E-state index contributed by atoms with van der Waals surface area (Å²) in [5.74, 6) is 1.11. The molecule has 0 heterocycles. The largest absolute Gasteiger partial charge is 0.243 e. The van der Waals surface area contributed by atoms with Gasteiger partial charge in [-0.05, 0) is 49.1 Å². The standard InChI is InChI=1S/C13H19Cl2NO2S2/c1-10(6-7-19-3)16(2)20(17,18)12-4-5-13(15)11(8-12)9-14/h4-5,8,10H,6-7,9H2,1-3H3. The van der Waals surface area contributed by atoms with E-state index in [1.807, 2.05) is 13.2 Å². The fourth-order valence-electron chi connectivity index (χ4n) is 1.69. The second-order valence-corrected chi connectivity index (χ2v) is 8.20. The molecule has 0 bridgehead atoms. The SMILES string of the molecule is CSCCC(C)N(C)S(=O)(=O)c1ccc(Cl)c(CCl)c1. The number of rotatable bonds is 7. The predicted octanol–water partition coefficient (Wildman–Crippen LogP) is 3.84. The first-order valence-electron chi connectivity index (χ1n) is 6.16. The van der Waals surface area contributed by atoms with Crippen molar-refractivity contribution >= 4 is 45.0 Å². The summed E-state index contributed by atoms with van der Waals surface area (Å²) >= 11 is 13.4. The van der Waals surface area contributed by atoms with E-state index in [9.17, 15) is 8.42 Å². The third-order valence-corrected chi connectivity index (χ3v) is 6.47. The van der Waals surface area contributed by atoms with Crippen LogP contribution in [0.2, 0.25) is 5.02 Å². The van der Waals surface area contributed by atoms with E-state index in [0.29, 0.717) is 10.6 Å². The summed E-state index contributed by atoms with van der Waals surface area (Å²) in [5, 5.41) is 0.483. The maximum absolute atomic E-state index is 12.5. The first-order valence-corrected chi connectivity index (χ1v) is 9.90. The van der Waals surface area contributed by atoms with Gasteiger partial charge in [0.1, 0.15) is 0 Å². The maximum Gasteiger partial charge on any atom is 0.243 e. The van der Waals surface area contributed by atoms with Gasteiger partial charge in [0, 0.05) is 24.0 Å². The molecule has 114 valence electrons. The molecule has 0 aliphatic rings. The number of benzene rings is 1. The Morgan fingerprint density at radius 2 is 2.05 bits per heavy atom. The molecule has 0 N–H and O–H groups in total. The summed E-state index contributed by atoms with van der Waals surface area (Å²) < 4.78 is 26.5. The van der Waals surface area contributed by atoms with Crippen molar-refractivity contribution in [2.75, 3.05) is 19.1 Å². The van der Waals surface area contributed by atoms with Gasteiger partial charge in [0.15, 0.2) is 0 Å². The Hall–Kier alpha value is 0.0600. The molecule has 20 heavy (non-hydrogen) atoms. The van der Waals surface area contributed by atoms with Crippen LogP contribution in [0.5, 0.6) is 0 Å². The van der Waals surface area contributed by atoms with E-state index in [0.717, 1.165) is 12.2 Å². The fourth-order valence-corrected chi connectivity index (χ4v) is 4.18. The zero-order chi connectivity index (χ0) is 15.3. The van der Waals surface area contributed by atoms with Crippen molar-refractivity contribution in [1.29, 1.82) is 0 Å². The van der Waals surface area contributed by atoms with Gasteiger partial charge in [-0.15, -0.1) is 11.6 Å². The monoisotopic (exact) mass is 355 g/mol. The molecule has 0 saturated heterocycles. The molecule has 0 saturated carbocycles. The summed E-state index contributed by atoms with van der Waals surface area (Å²) in [6.07, 6.45) is 2.82. The Balaban J connectivity index is 3.03. The fraction of sp³-hybridized carbons (Fsp3) is 0.538. The second-order valence-electron chi connectivity index (χ2n) is 4.54. The lowest BCUT2D eigenvalue weighted by molar-refractivity contribution is 0.382. The van der Waals surface area contributed by atoms with Crippen molar-refractivity contribution in [3.05, 3.63) is 28.8 Å². The van der Waals surface area contributed by atoms with Gasteiger partial charge in [0.2, 0.25) is 10.0 Å². The van der Waals surface area contributed by atoms with Gasteiger partial charge in [-0.1, -0.05) is 11.6 Å². The van der Waals surface area contributed by atoms with Crippen LogP contribution in [0.3, 0.4) is 0 Å². The number of thioether (sulfide) groups is 1. The maximum atomic E-state index is 12.5. The van der Waals surface area contributed by atoms with Crippen molar-refractivity contribution < 1.29 is 8.42 Å². The van der Waals surface area contributed by atoms with Crippen molar-refractivity contribution in [3.8, 4) is 0 Å². The molecule has 0 radical (unpaired) electrons. The van der Waals surface area contributed by atoms with Crippen LogP contribution in [0.4, 0.5) is 0 Å². The van der Waals surface area contributed by atoms with Crippen LogP contribution in [0.25, 0.3) is 0 Å². The quantitative estimate of drug-likeness (QED) is 0.697. The third kappa shape index (κ3) is 4.28. The Morgan fingerprint density at radius 1 is 1.40 bits per heavy atom. The van der Waals surface area contributed by atoms with E-state index in [1.54, 1.807) is 30.9 Å². The minimum Gasteiger partial charge on any atom is -0.207 e. The lowest BCUT2D eigenvalue weighted by Crippen LogP contribution is -2.35. The number of hydrogen-bond donors (Lipinski definition) is 0. The minimum absolute atomic E-state index is 0.0532. The van der Waals surface area contributed by atoms with Crippen LogP contribution in [0.15, 0.2) is 23.1 Å². The van der Waals surface area contributed by atoms with Crippen molar-refractivity contribution in [2.45, 2.75) is 30.2 Å². The molecule has 0 amide bonds. The van der Waals surface area contributed by atoms with Crippen LogP contribution >= 0.6 is 35.0 Å². The minimum atomic E-state index is -3.51. The molecular weight excluding hydrogens is 337 g/mol. The molecule has 0 aliphatic carbocycles. The first kappa shape index (κ1) is 18.1. The van der Waals surface area contributed by atoms with Crippen molar-refractivity contribution in [3.63, 3.8) is 0 Å². The number of alkyl halides is 1. The van der Waals surface area contributed by atoms with E-state index < -0.39 is 10.0 Å². The highest BCUT2D eigenvalue weighted by Gasteiger charge is 2.25. The van der Waals surface area contributed by atoms with Gasteiger partial charge in [-0.25, -0.2) is 8.42 Å². The highest BCUT2D eigenvalue weighted by molar-refractivity contribution is 7.98. The van der Waals surface area contributed by atoms with Crippen molar-refractivity contribution in [2.24, 2.45) is 0 Å². The lowest BCUT2D eigenvalue weighted by Gasteiger charge is -2.24. The van der Waals surface area contributed by atoms with E-state index in [-0.39, 0.29) is 16.8 Å². The van der Waals surface area contributed by atoms with E-state index in [4.69, 9.17) is 23.2 Å². The van der Waals surface area contributed by atoms with Gasteiger partial charge >= 0.3 is 0 Å². The number of sulfonamides is 1. The highest BCUT2D eigenvalue weighted by atomic mass is 35.5. The van der Waals surface area contributed by atoms with Gasteiger partial charge in [-0.3, -0.25) is 0 Å². The average Bonchev–Trinajstić information content (AvgIpc) is 2.44. The molecule has 0 fully saturated rings. The van der Waals surface area contributed by atoms with E-state index in [2.05, 4.69) is 0 Å². The molecule has 1 aromatic rings. The van der Waals surface area contributed by atoms with Crippen LogP contribution in [-0.4, -0.2) is 37.8 Å². The van der Waals surface area contributed by atoms with E-state index in [1.165, 1.54) is 10.4 Å². The molecule has 1 atom stereocenters. The molecule has 0 spiro atoms. The lowest BCUT2D eigenvalue weighted by atomic mass is 10.2. The molecule has 0 aliphatic heterocycles. The Labute approximate surface area is 135 Å². The average molecular weight is 356 g/mol. The van der Waals surface area contributed by atoms with E-state index >= 15 is 0 Å².